The van der Waals surface area contributed by atoms with Gasteiger partial charge >= 0.3 is 0 Å². The van der Waals surface area contributed by atoms with Crippen molar-refractivity contribution in [3.63, 3.8) is 0 Å². The monoisotopic (exact) mass is 562 g/mol. The lowest BCUT2D eigenvalue weighted by molar-refractivity contribution is -0.111. The average molecular weight is 563 g/mol. The number of anilines is 5. The van der Waals surface area contributed by atoms with Gasteiger partial charge in [-0.05, 0) is 36.4 Å². The molecule has 0 spiro atoms. The fraction of sp³-hybridized carbons (Fsp3) is 0.143. The lowest BCUT2D eigenvalue weighted by atomic mass is 10.2. The zero-order valence-corrected chi connectivity index (χ0v) is 23.1. The third kappa shape index (κ3) is 7.40. The van der Waals surface area contributed by atoms with Gasteiger partial charge in [0.1, 0.15) is 16.5 Å². The quantitative estimate of drug-likeness (QED) is 0.127. The largest absolute Gasteiger partial charge is 0.494 e. The molecule has 200 valence electrons. The number of pyridine rings is 1. The Bertz CT molecular complexity index is 1470. The van der Waals surface area contributed by atoms with E-state index in [0.29, 0.717) is 44.7 Å². The molecule has 2 aromatic carbocycles. The van der Waals surface area contributed by atoms with Crippen molar-refractivity contribution in [1.82, 2.24) is 15.0 Å². The second-order valence-electron chi connectivity index (χ2n) is 8.33. The fourth-order valence-corrected chi connectivity index (χ4v) is 4.47. The Labute approximate surface area is 236 Å². The van der Waals surface area contributed by atoms with Crippen molar-refractivity contribution >= 4 is 58.1 Å². The molecule has 0 radical (unpaired) electrons. The molecule has 0 aliphatic rings. The maximum Gasteiger partial charge on any atom is 0.247 e. The van der Waals surface area contributed by atoms with Crippen LogP contribution in [0, 0.1) is 0 Å². The molecular weight excluding hydrogens is 536 g/mol. The van der Waals surface area contributed by atoms with E-state index in [0.717, 1.165) is 10.6 Å². The molecule has 0 bridgehead atoms. The number of methoxy groups -OCH3 is 1. The van der Waals surface area contributed by atoms with E-state index in [2.05, 4.69) is 51.3 Å². The van der Waals surface area contributed by atoms with E-state index in [1.54, 1.807) is 48.4 Å². The number of rotatable bonds is 11. The van der Waals surface area contributed by atoms with E-state index >= 15 is 0 Å². The summed E-state index contributed by atoms with van der Waals surface area (Å²) in [6.45, 7) is 7.79. The number of aromatic nitrogens is 3. The first-order chi connectivity index (χ1) is 18.9. The number of benzene rings is 2. The van der Waals surface area contributed by atoms with Gasteiger partial charge in [0.2, 0.25) is 11.9 Å². The topological polar surface area (TPSA) is 110 Å². The first kappa shape index (κ1) is 27.7. The van der Waals surface area contributed by atoms with Crippen molar-refractivity contribution in [2.45, 2.75) is 24.0 Å². The first-order valence-corrected chi connectivity index (χ1v) is 13.2. The van der Waals surface area contributed by atoms with Gasteiger partial charge in [0, 0.05) is 28.6 Å². The van der Waals surface area contributed by atoms with E-state index in [4.69, 9.17) is 21.1 Å². The standard InChI is InChI=1S/C28H27ClN6O3S/c1-5-26(36)32-22-14-21(23(37-4)15-24(22)38-18-10-12-30-13-11-18)34-28-31-16-19(29)27(35-28)33-20-8-6-7-9-25(20)39-17(2)3/h5-17H,1H2,2-4H3,(H,32,36)(H2,31,33,34,35). The van der Waals surface area contributed by atoms with Crippen LogP contribution in [0.5, 0.6) is 17.2 Å². The Morgan fingerprint density at radius 1 is 1.05 bits per heavy atom. The van der Waals surface area contributed by atoms with Crippen molar-refractivity contribution in [3.05, 3.63) is 84.8 Å². The smallest absolute Gasteiger partial charge is 0.247 e. The molecule has 0 unspecified atom stereocenters. The fourth-order valence-electron chi connectivity index (χ4n) is 3.42. The van der Waals surface area contributed by atoms with Crippen LogP contribution in [-0.2, 0) is 4.79 Å². The van der Waals surface area contributed by atoms with Gasteiger partial charge in [-0.15, -0.1) is 11.8 Å². The van der Waals surface area contributed by atoms with Crippen LogP contribution in [0.4, 0.5) is 28.8 Å². The number of amides is 1. The normalized spacial score (nSPS) is 10.6. The van der Waals surface area contributed by atoms with Gasteiger partial charge in [0.25, 0.3) is 0 Å². The van der Waals surface area contributed by atoms with Crippen LogP contribution in [0.25, 0.3) is 0 Å². The summed E-state index contributed by atoms with van der Waals surface area (Å²) in [6.07, 6.45) is 5.89. The molecule has 4 rings (SSSR count). The Morgan fingerprint density at radius 2 is 1.82 bits per heavy atom. The maximum atomic E-state index is 12.2. The molecule has 39 heavy (non-hydrogen) atoms. The Hall–Kier alpha value is -4.28. The summed E-state index contributed by atoms with van der Waals surface area (Å²) >= 11 is 8.17. The molecule has 0 fully saturated rings. The van der Waals surface area contributed by atoms with Crippen LogP contribution in [0.1, 0.15) is 13.8 Å². The number of carbonyl (C=O) groups is 1. The molecule has 0 saturated heterocycles. The highest BCUT2D eigenvalue weighted by atomic mass is 35.5. The van der Waals surface area contributed by atoms with Gasteiger partial charge in [-0.25, -0.2) is 4.98 Å². The van der Waals surface area contributed by atoms with Crippen LogP contribution in [0.3, 0.4) is 0 Å². The number of nitrogens with one attached hydrogen (secondary N) is 3. The molecule has 9 nitrogen and oxygen atoms in total. The third-order valence-electron chi connectivity index (χ3n) is 5.12. The second-order valence-corrected chi connectivity index (χ2v) is 10.4. The van der Waals surface area contributed by atoms with Gasteiger partial charge in [0.15, 0.2) is 11.6 Å². The predicted octanol–water partition coefficient (Wildman–Crippen LogP) is 7.44. The summed E-state index contributed by atoms with van der Waals surface area (Å²) in [4.78, 5) is 26.1. The number of hydrogen-bond donors (Lipinski definition) is 3. The molecule has 2 heterocycles. The van der Waals surface area contributed by atoms with Gasteiger partial charge in [-0.3, -0.25) is 9.78 Å². The molecule has 2 aromatic heterocycles. The SMILES string of the molecule is C=CC(=O)Nc1cc(Nc2ncc(Cl)c(Nc3ccccc3SC(C)C)n2)c(OC)cc1Oc1ccncc1. The number of ether oxygens (including phenoxy) is 2. The lowest BCUT2D eigenvalue weighted by Gasteiger charge is -2.17. The van der Waals surface area contributed by atoms with Gasteiger partial charge in [0.05, 0.1) is 30.4 Å². The summed E-state index contributed by atoms with van der Waals surface area (Å²) in [5, 5.41) is 9.99. The Kier molecular flexibility index (Phi) is 9.24. The lowest BCUT2D eigenvalue weighted by Crippen LogP contribution is -2.10. The third-order valence-corrected chi connectivity index (χ3v) is 6.47. The molecule has 11 heteroatoms. The zero-order valence-electron chi connectivity index (χ0n) is 21.6. The van der Waals surface area contributed by atoms with E-state index in [9.17, 15) is 4.79 Å². The summed E-state index contributed by atoms with van der Waals surface area (Å²) < 4.78 is 11.6. The van der Waals surface area contributed by atoms with Gasteiger partial charge in [-0.1, -0.05) is 44.2 Å². The minimum atomic E-state index is -0.405. The number of carbonyl (C=O) groups excluding carboxylic acids is 1. The molecule has 0 aliphatic heterocycles. The van der Waals surface area contributed by atoms with Crippen LogP contribution >= 0.6 is 23.4 Å². The number of nitrogens with zero attached hydrogens (tertiary/aromatic N) is 3. The predicted molar refractivity (Wildman–Crippen MR) is 157 cm³/mol. The maximum absolute atomic E-state index is 12.2. The van der Waals surface area contributed by atoms with Gasteiger partial charge < -0.3 is 25.4 Å². The van der Waals surface area contributed by atoms with Gasteiger partial charge in [-0.2, -0.15) is 4.98 Å². The van der Waals surface area contributed by atoms with Crippen LogP contribution in [-0.4, -0.2) is 33.2 Å². The van der Waals surface area contributed by atoms with E-state index in [1.165, 1.54) is 19.4 Å². The average Bonchev–Trinajstić information content (AvgIpc) is 2.93. The molecule has 0 atom stereocenters. The van der Waals surface area contributed by atoms with Crippen LogP contribution in [0.15, 0.2) is 84.7 Å². The van der Waals surface area contributed by atoms with Crippen molar-refractivity contribution < 1.29 is 14.3 Å². The van der Waals surface area contributed by atoms with E-state index in [-0.39, 0.29) is 5.95 Å². The minimum absolute atomic E-state index is 0.262. The zero-order chi connectivity index (χ0) is 27.8. The number of thioether (sulfide) groups is 1. The first-order valence-electron chi connectivity index (χ1n) is 11.9. The Morgan fingerprint density at radius 3 is 2.54 bits per heavy atom. The van der Waals surface area contributed by atoms with Crippen molar-refractivity contribution in [1.29, 1.82) is 0 Å². The van der Waals surface area contributed by atoms with Crippen molar-refractivity contribution in [3.8, 4) is 17.2 Å². The summed E-state index contributed by atoms with van der Waals surface area (Å²) in [6, 6.07) is 14.7. The number of halogens is 1. The summed E-state index contributed by atoms with van der Waals surface area (Å²) in [5.74, 6) is 1.62. The van der Waals surface area contributed by atoms with Crippen molar-refractivity contribution in [2.75, 3.05) is 23.1 Å². The summed E-state index contributed by atoms with van der Waals surface area (Å²) in [7, 11) is 1.53. The molecule has 4 aromatic rings. The molecule has 1 amide bonds. The van der Waals surface area contributed by atoms with E-state index in [1.807, 2.05) is 24.3 Å². The molecule has 0 aliphatic carbocycles. The van der Waals surface area contributed by atoms with Crippen molar-refractivity contribution in [2.24, 2.45) is 0 Å². The second kappa shape index (κ2) is 13.0. The van der Waals surface area contributed by atoms with Crippen LogP contribution in [0.2, 0.25) is 5.02 Å². The van der Waals surface area contributed by atoms with Crippen LogP contribution < -0.4 is 25.4 Å². The Balaban J connectivity index is 1.66. The summed E-state index contributed by atoms with van der Waals surface area (Å²) in [5.41, 5.74) is 1.75. The highest BCUT2D eigenvalue weighted by Crippen LogP contribution is 2.40. The highest BCUT2D eigenvalue weighted by molar-refractivity contribution is 8.00. The molecule has 0 saturated carbocycles. The highest BCUT2D eigenvalue weighted by Gasteiger charge is 2.17. The minimum Gasteiger partial charge on any atom is -0.494 e. The number of hydrogen-bond acceptors (Lipinski definition) is 9. The molecule has 3 N–H and O–H groups in total. The van der Waals surface area contributed by atoms with E-state index < -0.39 is 5.91 Å². The number of para-hydroxylation sites is 1. The molecular formula is C28H27ClN6O3S.